The van der Waals surface area contributed by atoms with E-state index < -0.39 is 0 Å². The lowest BCUT2D eigenvalue weighted by Gasteiger charge is -2.06. The quantitative estimate of drug-likeness (QED) is 0.552. The highest BCUT2D eigenvalue weighted by atomic mass is 15.0. The molecule has 2 heteroatoms. The number of hydrogen-bond acceptors (Lipinski definition) is 0. The monoisotopic (exact) mass is 275 g/mol. The first-order chi connectivity index (χ1) is 10.1. The highest BCUT2D eigenvalue weighted by Gasteiger charge is 2.35. The van der Waals surface area contributed by atoms with Gasteiger partial charge in [-0.25, -0.2) is 0 Å². The highest BCUT2D eigenvalue weighted by molar-refractivity contribution is 6.27. The molecule has 0 fully saturated rings. The van der Waals surface area contributed by atoms with Crippen molar-refractivity contribution in [1.82, 2.24) is 0 Å². The van der Waals surface area contributed by atoms with Crippen LogP contribution in [0.5, 0.6) is 0 Å². The fraction of sp³-hybridized carbons (Fsp3) is 0.316. The van der Waals surface area contributed by atoms with Gasteiger partial charge >= 0.3 is 7.41 Å². The van der Waals surface area contributed by atoms with Crippen LogP contribution in [0.1, 0.15) is 32.3 Å². The molecular weight excluding hydrogens is 253 g/mol. The molecule has 1 unspecified atom stereocenters. The predicted octanol–water partition coefficient (Wildman–Crippen LogP) is 4.92. The molecule has 1 aliphatic heterocycles. The van der Waals surface area contributed by atoms with Gasteiger partial charge in [-0.1, -0.05) is 56.3 Å². The van der Waals surface area contributed by atoms with Crippen LogP contribution in [0, 0.1) is 5.92 Å². The largest absolute Gasteiger partial charge is 0.536 e. The van der Waals surface area contributed by atoms with Crippen molar-refractivity contribution in [3.8, 4) is 0 Å². The molecule has 21 heavy (non-hydrogen) atoms. The van der Waals surface area contributed by atoms with E-state index in [-0.39, 0.29) is 0 Å². The predicted molar refractivity (Wildman–Crippen MR) is 92.9 cm³/mol. The smallest absolute Gasteiger partial charge is 0.285 e. The third-order valence-corrected chi connectivity index (χ3v) is 4.28. The molecule has 0 saturated heterocycles. The lowest BCUT2D eigenvalue weighted by atomic mass is 9.92. The van der Waals surface area contributed by atoms with Crippen molar-refractivity contribution < 1.29 is 4.49 Å². The van der Waals surface area contributed by atoms with E-state index >= 15 is 0 Å². The molecule has 0 aromatic heterocycles. The molecular formula is C19H22BN+. The van der Waals surface area contributed by atoms with E-state index in [2.05, 4.69) is 88.0 Å². The molecule has 0 spiro atoms. The van der Waals surface area contributed by atoms with Gasteiger partial charge in [0.05, 0.1) is 11.3 Å². The molecule has 0 saturated carbocycles. The summed E-state index contributed by atoms with van der Waals surface area (Å²) in [5.74, 6) is 0.976. The van der Waals surface area contributed by atoms with Gasteiger partial charge < -0.3 is 0 Å². The fourth-order valence-electron chi connectivity index (χ4n) is 3.25. The summed E-state index contributed by atoms with van der Waals surface area (Å²) in [6.45, 7) is 8.81. The Morgan fingerprint density at radius 2 is 1.90 bits per heavy atom. The Morgan fingerprint density at radius 1 is 1.14 bits per heavy atom. The Hall–Kier alpha value is -1.83. The Labute approximate surface area is 128 Å². The van der Waals surface area contributed by atoms with E-state index in [0.717, 1.165) is 0 Å². The molecule has 2 aromatic carbocycles. The second kappa shape index (κ2) is 5.52. The highest BCUT2D eigenvalue weighted by Crippen LogP contribution is 2.40. The zero-order valence-corrected chi connectivity index (χ0v) is 13.3. The normalized spacial score (nSPS) is 18.0. The fourth-order valence-corrected chi connectivity index (χ4v) is 3.25. The Kier molecular flexibility index (Phi) is 3.71. The van der Waals surface area contributed by atoms with Gasteiger partial charge in [0.2, 0.25) is 0 Å². The van der Waals surface area contributed by atoms with Gasteiger partial charge in [-0.2, -0.15) is 0 Å². The van der Waals surface area contributed by atoms with Crippen LogP contribution >= 0.6 is 0 Å². The maximum Gasteiger partial charge on any atom is 0.536 e. The molecule has 1 radical (unpaired) electrons. The molecule has 2 aromatic rings. The molecule has 1 aliphatic rings. The van der Waals surface area contributed by atoms with Gasteiger partial charge in [-0.3, -0.25) is 4.49 Å². The third kappa shape index (κ3) is 2.33. The minimum atomic E-state index is 0.392. The first-order valence-electron chi connectivity index (χ1n) is 7.75. The van der Waals surface area contributed by atoms with Gasteiger partial charge in [-0.15, -0.1) is 0 Å². The van der Waals surface area contributed by atoms with Gasteiger partial charge in [0, 0.05) is 12.5 Å². The molecule has 0 N–H and O–H groups in total. The van der Waals surface area contributed by atoms with Crippen LogP contribution in [0.25, 0.3) is 10.8 Å². The van der Waals surface area contributed by atoms with Gasteiger partial charge in [0.15, 0.2) is 5.69 Å². The SMILES string of the molecule is C[B][N+]1=C(C)C(/C=C/C(C)C)c2ccc3ccccc3c21. The van der Waals surface area contributed by atoms with Crippen molar-refractivity contribution in [1.29, 1.82) is 0 Å². The molecule has 0 bridgehead atoms. The summed E-state index contributed by atoms with van der Waals surface area (Å²) in [7, 11) is 2.18. The Balaban J connectivity index is 2.23. The lowest BCUT2D eigenvalue weighted by molar-refractivity contribution is -0.271. The van der Waals surface area contributed by atoms with E-state index in [0.29, 0.717) is 11.8 Å². The average Bonchev–Trinajstić information content (AvgIpc) is 2.76. The van der Waals surface area contributed by atoms with Crippen molar-refractivity contribution in [3.63, 3.8) is 0 Å². The number of hydrogen-bond donors (Lipinski definition) is 0. The van der Waals surface area contributed by atoms with Crippen LogP contribution in [0.3, 0.4) is 0 Å². The lowest BCUT2D eigenvalue weighted by Crippen LogP contribution is -2.14. The van der Waals surface area contributed by atoms with Crippen LogP contribution in [0.15, 0.2) is 48.6 Å². The first kappa shape index (κ1) is 14.1. The number of allylic oxidation sites excluding steroid dienone is 2. The van der Waals surface area contributed by atoms with E-state index in [1.165, 1.54) is 27.7 Å². The zero-order chi connectivity index (χ0) is 15.0. The molecule has 1 heterocycles. The van der Waals surface area contributed by atoms with Crippen LogP contribution in [0.4, 0.5) is 5.69 Å². The number of nitrogens with zero attached hydrogens (tertiary/aromatic N) is 1. The van der Waals surface area contributed by atoms with Crippen LogP contribution in [0.2, 0.25) is 6.82 Å². The van der Waals surface area contributed by atoms with Gasteiger partial charge in [0.1, 0.15) is 5.71 Å². The molecule has 0 aliphatic carbocycles. The summed E-state index contributed by atoms with van der Waals surface area (Å²) in [5, 5.41) is 2.65. The number of fused-ring (bicyclic) bond motifs is 3. The van der Waals surface area contributed by atoms with E-state index in [4.69, 9.17) is 0 Å². The standard InChI is InChI=1S/C19H22BN/c1-13(2)9-11-16-14(3)21(20-4)19-17-8-6-5-7-15(17)10-12-18(16)19/h5-13,16H,1-4H3/q+1/b11-9+. The van der Waals surface area contributed by atoms with Crippen LogP contribution in [-0.2, 0) is 0 Å². The van der Waals surface area contributed by atoms with Gasteiger partial charge in [-0.05, 0) is 24.2 Å². The second-order valence-corrected chi connectivity index (χ2v) is 6.10. The molecule has 0 amide bonds. The number of benzene rings is 2. The summed E-state index contributed by atoms with van der Waals surface area (Å²) in [4.78, 5) is 0. The summed E-state index contributed by atoms with van der Waals surface area (Å²) in [6, 6.07) is 13.2. The van der Waals surface area contributed by atoms with E-state index in [1.54, 1.807) is 0 Å². The maximum atomic E-state index is 2.36. The summed E-state index contributed by atoms with van der Waals surface area (Å²) < 4.78 is 2.35. The van der Waals surface area contributed by atoms with Crippen LogP contribution < -0.4 is 0 Å². The van der Waals surface area contributed by atoms with E-state index in [9.17, 15) is 0 Å². The van der Waals surface area contributed by atoms with Crippen molar-refractivity contribution in [3.05, 3.63) is 54.1 Å². The minimum Gasteiger partial charge on any atom is -0.285 e. The van der Waals surface area contributed by atoms with Crippen LogP contribution in [-0.4, -0.2) is 17.6 Å². The van der Waals surface area contributed by atoms with Crippen molar-refractivity contribution >= 4 is 29.6 Å². The molecule has 1 atom stereocenters. The topological polar surface area (TPSA) is 3.01 Å². The Morgan fingerprint density at radius 3 is 2.62 bits per heavy atom. The van der Waals surface area contributed by atoms with Crippen molar-refractivity contribution in [2.75, 3.05) is 0 Å². The summed E-state index contributed by atoms with van der Waals surface area (Å²) >= 11 is 0. The third-order valence-electron chi connectivity index (χ3n) is 4.28. The molecule has 1 nitrogen and oxygen atoms in total. The molecule has 3 rings (SSSR count). The summed E-state index contributed by atoms with van der Waals surface area (Å²) in [6.07, 6.45) is 4.67. The van der Waals surface area contributed by atoms with Crippen molar-refractivity contribution in [2.45, 2.75) is 33.5 Å². The zero-order valence-electron chi connectivity index (χ0n) is 13.3. The molecule has 105 valence electrons. The van der Waals surface area contributed by atoms with E-state index in [1.807, 2.05) is 0 Å². The number of rotatable bonds is 3. The second-order valence-electron chi connectivity index (χ2n) is 6.10. The first-order valence-corrected chi connectivity index (χ1v) is 7.75. The maximum absolute atomic E-state index is 2.36. The van der Waals surface area contributed by atoms with Gasteiger partial charge in [0.25, 0.3) is 0 Å². The van der Waals surface area contributed by atoms with Crippen molar-refractivity contribution in [2.24, 2.45) is 5.92 Å². The average molecular weight is 275 g/mol. The Bertz CT molecular complexity index is 740. The minimum absolute atomic E-state index is 0.392. The summed E-state index contributed by atoms with van der Waals surface area (Å²) in [5.41, 5.74) is 4.16.